The lowest BCUT2D eigenvalue weighted by Gasteiger charge is -2.39. The lowest BCUT2D eigenvalue weighted by atomic mass is 10.1. The summed E-state index contributed by atoms with van der Waals surface area (Å²) in [6.45, 7) is 9.18. The standard InChI is InChI=1S/C18H28FNO6Si/c1-18(2,3)27(4,5)13-9-7-6-8-11(13)15(17(24)25)26-20-14(16(22)23)12(21)10-19/h6-9,12,14-15,20-21H,10H2,1-5H3,(H,22,23)(H,24,25)/t12-,14+,15?/m1/s1. The normalized spacial score (nSPS) is 15.8. The van der Waals surface area contributed by atoms with Crippen LogP contribution in [0.25, 0.3) is 0 Å². The molecule has 0 heterocycles. The molecular formula is C18H28FNO6Si. The second-order valence-corrected chi connectivity index (χ2v) is 13.2. The number of carboxylic acid groups (broad SMARTS) is 2. The summed E-state index contributed by atoms with van der Waals surface area (Å²) in [5, 5.41) is 29.0. The van der Waals surface area contributed by atoms with Gasteiger partial charge in [-0.1, -0.05) is 63.3 Å². The Morgan fingerprint density at radius 1 is 1.19 bits per heavy atom. The van der Waals surface area contributed by atoms with Gasteiger partial charge in [-0.25, -0.2) is 9.18 Å². The van der Waals surface area contributed by atoms with E-state index in [1.54, 1.807) is 12.1 Å². The van der Waals surface area contributed by atoms with Crippen molar-refractivity contribution < 1.29 is 34.1 Å². The molecular weight excluding hydrogens is 373 g/mol. The molecule has 9 heteroatoms. The SMILES string of the molecule is CC(C)(C)[Si](C)(C)c1ccccc1C(ON[C@H](C(=O)O)[C@H](O)CF)C(=O)O. The van der Waals surface area contributed by atoms with E-state index < -0.39 is 44.9 Å². The van der Waals surface area contributed by atoms with Gasteiger partial charge in [0.1, 0.15) is 12.8 Å². The van der Waals surface area contributed by atoms with Crippen molar-refractivity contribution in [1.82, 2.24) is 5.48 Å². The summed E-state index contributed by atoms with van der Waals surface area (Å²) in [6.07, 6.45) is -3.38. The maximum atomic E-state index is 12.6. The molecule has 1 unspecified atom stereocenters. The maximum Gasteiger partial charge on any atom is 0.339 e. The predicted molar refractivity (Wildman–Crippen MR) is 101 cm³/mol. The largest absolute Gasteiger partial charge is 0.480 e. The first-order valence-electron chi connectivity index (χ1n) is 8.54. The Labute approximate surface area is 159 Å². The molecule has 27 heavy (non-hydrogen) atoms. The van der Waals surface area contributed by atoms with Gasteiger partial charge in [-0.2, -0.15) is 5.48 Å². The van der Waals surface area contributed by atoms with E-state index in [1.807, 2.05) is 17.6 Å². The van der Waals surface area contributed by atoms with Gasteiger partial charge in [0.2, 0.25) is 6.10 Å². The van der Waals surface area contributed by atoms with Crippen LogP contribution >= 0.6 is 0 Å². The van der Waals surface area contributed by atoms with Gasteiger partial charge < -0.3 is 15.3 Å². The van der Waals surface area contributed by atoms with Crippen molar-refractivity contribution >= 4 is 25.2 Å². The fourth-order valence-corrected chi connectivity index (χ4v) is 4.73. The molecule has 1 aromatic carbocycles. The molecule has 3 atom stereocenters. The van der Waals surface area contributed by atoms with Crippen LogP contribution in [0.3, 0.4) is 0 Å². The van der Waals surface area contributed by atoms with E-state index in [4.69, 9.17) is 9.94 Å². The highest BCUT2D eigenvalue weighted by Gasteiger charge is 2.40. The van der Waals surface area contributed by atoms with E-state index in [9.17, 15) is 24.2 Å². The highest BCUT2D eigenvalue weighted by molar-refractivity contribution is 6.92. The lowest BCUT2D eigenvalue weighted by molar-refractivity contribution is -0.167. The molecule has 152 valence electrons. The summed E-state index contributed by atoms with van der Waals surface area (Å²) in [5.74, 6) is -2.88. The number of nitrogens with one attached hydrogen (secondary N) is 1. The Kier molecular flexibility index (Phi) is 7.67. The quantitative estimate of drug-likeness (QED) is 0.368. The van der Waals surface area contributed by atoms with Gasteiger partial charge in [0, 0.05) is 0 Å². The number of hydrogen-bond acceptors (Lipinski definition) is 5. The molecule has 1 rings (SSSR count). The molecule has 0 fully saturated rings. The number of hydrogen-bond donors (Lipinski definition) is 4. The van der Waals surface area contributed by atoms with Crippen LogP contribution in [0.2, 0.25) is 18.1 Å². The number of alkyl halides is 1. The smallest absolute Gasteiger partial charge is 0.339 e. The molecule has 4 N–H and O–H groups in total. The second-order valence-electron chi connectivity index (χ2n) is 7.95. The minimum Gasteiger partial charge on any atom is -0.480 e. The predicted octanol–water partition coefficient (Wildman–Crippen LogP) is 1.83. The average Bonchev–Trinajstić information content (AvgIpc) is 2.56. The van der Waals surface area contributed by atoms with Crippen LogP contribution in [0.5, 0.6) is 0 Å². The first kappa shape index (κ1) is 23.2. The number of hydroxylamine groups is 1. The average molecular weight is 402 g/mol. The number of carboxylic acids is 2. The van der Waals surface area contributed by atoms with Crippen LogP contribution in [0, 0.1) is 0 Å². The van der Waals surface area contributed by atoms with E-state index in [1.165, 1.54) is 0 Å². The zero-order valence-corrected chi connectivity index (χ0v) is 17.2. The Balaban J connectivity index is 3.27. The molecule has 0 aliphatic rings. The van der Waals surface area contributed by atoms with E-state index in [-0.39, 0.29) is 5.04 Å². The van der Waals surface area contributed by atoms with Crippen molar-refractivity contribution in [3.8, 4) is 0 Å². The zero-order chi connectivity index (χ0) is 21.0. The molecule has 0 saturated heterocycles. The number of carbonyl (C=O) groups is 2. The Bertz CT molecular complexity index is 676. The number of aliphatic carboxylic acids is 2. The van der Waals surface area contributed by atoms with Crippen molar-refractivity contribution in [2.24, 2.45) is 0 Å². The van der Waals surface area contributed by atoms with Gasteiger partial charge in [-0.3, -0.25) is 9.63 Å². The molecule has 0 radical (unpaired) electrons. The van der Waals surface area contributed by atoms with Crippen molar-refractivity contribution in [2.75, 3.05) is 6.67 Å². The van der Waals surface area contributed by atoms with Crippen LogP contribution in [0.4, 0.5) is 4.39 Å². The molecule has 0 amide bonds. The van der Waals surface area contributed by atoms with Crippen LogP contribution in [0.1, 0.15) is 32.4 Å². The van der Waals surface area contributed by atoms with Crippen LogP contribution in [0.15, 0.2) is 24.3 Å². The number of halogens is 1. The zero-order valence-electron chi connectivity index (χ0n) is 16.2. The third-order valence-corrected chi connectivity index (χ3v) is 10.7. The van der Waals surface area contributed by atoms with E-state index in [0.29, 0.717) is 5.56 Å². The molecule has 0 spiro atoms. The molecule has 0 aromatic heterocycles. The number of aliphatic hydroxyl groups is 1. The van der Waals surface area contributed by atoms with Crippen molar-refractivity contribution in [3.63, 3.8) is 0 Å². The van der Waals surface area contributed by atoms with Crippen molar-refractivity contribution in [3.05, 3.63) is 29.8 Å². The third-order valence-electron chi connectivity index (χ3n) is 5.14. The summed E-state index contributed by atoms with van der Waals surface area (Å²) in [5.41, 5.74) is 2.42. The Morgan fingerprint density at radius 3 is 2.19 bits per heavy atom. The lowest BCUT2D eigenvalue weighted by Crippen LogP contribution is -2.52. The van der Waals surface area contributed by atoms with Gasteiger partial charge >= 0.3 is 11.9 Å². The van der Waals surface area contributed by atoms with Gasteiger partial charge in [0.25, 0.3) is 0 Å². The highest BCUT2D eigenvalue weighted by Crippen LogP contribution is 2.37. The van der Waals surface area contributed by atoms with Crippen LogP contribution < -0.4 is 10.7 Å². The summed E-state index contributed by atoms with van der Waals surface area (Å²) >= 11 is 0. The molecule has 0 saturated carbocycles. The first-order chi connectivity index (χ1) is 12.3. The Morgan fingerprint density at radius 2 is 1.74 bits per heavy atom. The molecule has 0 bridgehead atoms. The topological polar surface area (TPSA) is 116 Å². The maximum absolute atomic E-state index is 12.6. The van der Waals surface area contributed by atoms with Gasteiger partial charge in [0.05, 0.1) is 8.07 Å². The fraction of sp³-hybridized carbons (Fsp3) is 0.556. The fourth-order valence-electron chi connectivity index (χ4n) is 2.47. The third kappa shape index (κ3) is 5.35. The molecule has 1 aromatic rings. The summed E-state index contributed by atoms with van der Waals surface area (Å²) in [7, 11) is -2.14. The first-order valence-corrected chi connectivity index (χ1v) is 11.5. The van der Waals surface area contributed by atoms with Crippen molar-refractivity contribution in [2.45, 2.75) is 57.2 Å². The Hall–Kier alpha value is -1.81. The number of rotatable bonds is 9. The minimum absolute atomic E-state index is 0.0758. The van der Waals surface area contributed by atoms with Gasteiger partial charge in [0.15, 0.2) is 6.04 Å². The highest BCUT2D eigenvalue weighted by atomic mass is 28.3. The van der Waals surface area contributed by atoms with E-state index in [2.05, 4.69) is 33.9 Å². The summed E-state index contributed by atoms with van der Waals surface area (Å²) < 4.78 is 12.6. The minimum atomic E-state index is -2.14. The van der Waals surface area contributed by atoms with E-state index >= 15 is 0 Å². The number of benzene rings is 1. The monoisotopic (exact) mass is 401 g/mol. The molecule has 7 nitrogen and oxygen atoms in total. The van der Waals surface area contributed by atoms with Gasteiger partial charge in [-0.05, 0) is 10.6 Å². The van der Waals surface area contributed by atoms with Crippen LogP contribution in [-0.4, -0.2) is 54.2 Å². The molecule has 0 aliphatic carbocycles. The van der Waals surface area contributed by atoms with Crippen molar-refractivity contribution in [1.29, 1.82) is 0 Å². The second kappa shape index (κ2) is 8.92. The number of aliphatic hydroxyl groups excluding tert-OH is 1. The summed E-state index contributed by atoms with van der Waals surface area (Å²) in [6, 6.07) is 5.18. The molecule has 0 aliphatic heterocycles. The van der Waals surface area contributed by atoms with Gasteiger partial charge in [-0.15, -0.1) is 0 Å². The van der Waals surface area contributed by atoms with E-state index in [0.717, 1.165) is 5.19 Å². The van der Waals surface area contributed by atoms with Crippen LogP contribution in [-0.2, 0) is 14.4 Å². The summed E-state index contributed by atoms with van der Waals surface area (Å²) in [4.78, 5) is 28.1.